The summed E-state index contributed by atoms with van der Waals surface area (Å²) < 4.78 is 12.8. The highest BCUT2D eigenvalue weighted by Gasteiger charge is 2.06. The average Bonchev–Trinajstić information content (AvgIpc) is 2.57. The molecule has 2 rings (SSSR count). The van der Waals surface area contributed by atoms with E-state index in [1.165, 1.54) is 18.3 Å². The number of benzene rings is 1. The van der Waals surface area contributed by atoms with E-state index < -0.39 is 0 Å². The van der Waals surface area contributed by atoms with Crippen molar-refractivity contribution in [3.63, 3.8) is 0 Å². The topological polar surface area (TPSA) is 66.9 Å². The van der Waals surface area contributed by atoms with Crippen LogP contribution in [0.4, 0.5) is 10.2 Å². The van der Waals surface area contributed by atoms with Crippen LogP contribution < -0.4 is 10.6 Å². The molecule has 1 aromatic heterocycles. The van der Waals surface area contributed by atoms with Gasteiger partial charge in [0.1, 0.15) is 17.3 Å². The molecule has 0 aliphatic heterocycles. The number of anilines is 1. The fourth-order valence-corrected chi connectivity index (χ4v) is 1.99. The number of aromatic nitrogens is 2. The van der Waals surface area contributed by atoms with Gasteiger partial charge in [0.15, 0.2) is 0 Å². The lowest BCUT2D eigenvalue weighted by atomic mass is 10.1. The Balaban J connectivity index is 1.78. The van der Waals surface area contributed by atoms with Gasteiger partial charge in [0.25, 0.3) is 5.91 Å². The Kier molecular flexibility index (Phi) is 6.47. The van der Waals surface area contributed by atoms with Crippen LogP contribution in [0.3, 0.4) is 0 Å². The zero-order chi connectivity index (χ0) is 16.5. The lowest BCUT2D eigenvalue weighted by Gasteiger charge is -2.07. The SMILES string of the molecule is CCCCNC(=O)c1cnc(NCCc2ccc(F)cc2)cn1. The van der Waals surface area contributed by atoms with E-state index in [1.54, 1.807) is 18.3 Å². The summed E-state index contributed by atoms with van der Waals surface area (Å²) in [5, 5.41) is 5.92. The van der Waals surface area contributed by atoms with Gasteiger partial charge in [-0.2, -0.15) is 0 Å². The summed E-state index contributed by atoms with van der Waals surface area (Å²) >= 11 is 0. The molecule has 0 saturated heterocycles. The van der Waals surface area contributed by atoms with Crippen molar-refractivity contribution in [2.75, 3.05) is 18.4 Å². The third-order valence-electron chi connectivity index (χ3n) is 3.33. The Bertz CT molecular complexity index is 613. The first kappa shape index (κ1) is 16.9. The first-order chi connectivity index (χ1) is 11.2. The molecule has 1 amide bonds. The quantitative estimate of drug-likeness (QED) is 0.735. The Morgan fingerprint density at radius 2 is 1.91 bits per heavy atom. The van der Waals surface area contributed by atoms with Gasteiger partial charge >= 0.3 is 0 Å². The molecule has 0 unspecified atom stereocenters. The lowest BCUT2D eigenvalue weighted by molar-refractivity contribution is 0.0948. The van der Waals surface area contributed by atoms with E-state index in [0.717, 1.165) is 24.8 Å². The molecule has 0 atom stereocenters. The van der Waals surface area contributed by atoms with Gasteiger partial charge in [0.05, 0.1) is 12.4 Å². The molecule has 0 fully saturated rings. The monoisotopic (exact) mass is 316 g/mol. The van der Waals surface area contributed by atoms with E-state index in [0.29, 0.717) is 24.6 Å². The van der Waals surface area contributed by atoms with Gasteiger partial charge in [-0.05, 0) is 30.5 Å². The molecular formula is C17H21FN4O. The highest BCUT2D eigenvalue weighted by molar-refractivity contribution is 5.91. The van der Waals surface area contributed by atoms with Crippen LogP contribution in [-0.2, 0) is 6.42 Å². The Hall–Kier alpha value is -2.50. The standard InChI is InChI=1S/C17H21FN4O/c1-2-3-9-20-17(23)15-11-22-16(12-21-15)19-10-8-13-4-6-14(18)7-5-13/h4-7,11-12H,2-3,8-10H2,1H3,(H,19,22)(H,20,23). The smallest absolute Gasteiger partial charge is 0.271 e. The number of rotatable bonds is 8. The summed E-state index contributed by atoms with van der Waals surface area (Å²) in [5.74, 6) is 0.168. The van der Waals surface area contributed by atoms with Gasteiger partial charge in [-0.1, -0.05) is 25.5 Å². The van der Waals surface area contributed by atoms with Crippen molar-refractivity contribution in [2.24, 2.45) is 0 Å². The second kappa shape index (κ2) is 8.82. The van der Waals surface area contributed by atoms with E-state index in [4.69, 9.17) is 0 Å². The van der Waals surface area contributed by atoms with Crippen molar-refractivity contribution in [2.45, 2.75) is 26.2 Å². The van der Waals surface area contributed by atoms with E-state index in [9.17, 15) is 9.18 Å². The van der Waals surface area contributed by atoms with Crippen LogP contribution in [0.1, 0.15) is 35.8 Å². The summed E-state index contributed by atoms with van der Waals surface area (Å²) in [6, 6.07) is 6.40. The molecule has 0 bridgehead atoms. The zero-order valence-electron chi connectivity index (χ0n) is 13.2. The maximum atomic E-state index is 12.8. The molecule has 1 aromatic carbocycles. The number of nitrogens with one attached hydrogen (secondary N) is 2. The number of hydrogen-bond acceptors (Lipinski definition) is 4. The van der Waals surface area contributed by atoms with Crippen LogP contribution in [0, 0.1) is 5.82 Å². The molecule has 0 radical (unpaired) electrons. The van der Waals surface area contributed by atoms with Gasteiger partial charge < -0.3 is 10.6 Å². The molecule has 6 heteroatoms. The molecule has 0 spiro atoms. The van der Waals surface area contributed by atoms with Crippen molar-refractivity contribution in [3.05, 3.63) is 53.7 Å². The molecule has 122 valence electrons. The average molecular weight is 316 g/mol. The number of unbranched alkanes of at least 4 members (excludes halogenated alkanes) is 1. The van der Waals surface area contributed by atoms with Crippen LogP contribution in [0.15, 0.2) is 36.7 Å². The van der Waals surface area contributed by atoms with Crippen LogP contribution >= 0.6 is 0 Å². The molecule has 23 heavy (non-hydrogen) atoms. The lowest BCUT2D eigenvalue weighted by Crippen LogP contribution is -2.25. The largest absolute Gasteiger partial charge is 0.368 e. The van der Waals surface area contributed by atoms with E-state index in [1.807, 2.05) is 0 Å². The molecule has 0 saturated carbocycles. The van der Waals surface area contributed by atoms with E-state index >= 15 is 0 Å². The highest BCUT2D eigenvalue weighted by Crippen LogP contribution is 2.05. The van der Waals surface area contributed by atoms with Crippen molar-refractivity contribution in [1.29, 1.82) is 0 Å². The first-order valence-electron chi connectivity index (χ1n) is 7.77. The summed E-state index contributed by atoms with van der Waals surface area (Å²) in [6.45, 7) is 3.37. The third-order valence-corrected chi connectivity index (χ3v) is 3.33. The van der Waals surface area contributed by atoms with Crippen molar-refractivity contribution < 1.29 is 9.18 Å². The highest BCUT2D eigenvalue weighted by atomic mass is 19.1. The second-order valence-corrected chi connectivity index (χ2v) is 5.20. The molecule has 5 nitrogen and oxygen atoms in total. The number of carbonyl (C=O) groups excluding carboxylic acids is 1. The molecule has 2 aromatic rings. The van der Waals surface area contributed by atoms with Gasteiger partial charge in [0, 0.05) is 13.1 Å². The molecule has 1 heterocycles. The summed E-state index contributed by atoms with van der Waals surface area (Å²) in [7, 11) is 0. The predicted octanol–water partition coefficient (Wildman–Crippen LogP) is 2.80. The summed E-state index contributed by atoms with van der Waals surface area (Å²) in [6.07, 6.45) is 5.73. The fraction of sp³-hybridized carbons (Fsp3) is 0.353. The van der Waals surface area contributed by atoms with Gasteiger partial charge in [-0.3, -0.25) is 4.79 Å². The van der Waals surface area contributed by atoms with Crippen LogP contribution in [-0.4, -0.2) is 29.0 Å². The van der Waals surface area contributed by atoms with Gasteiger partial charge in [0.2, 0.25) is 0 Å². The summed E-state index contributed by atoms with van der Waals surface area (Å²) in [5.41, 5.74) is 1.35. The summed E-state index contributed by atoms with van der Waals surface area (Å²) in [4.78, 5) is 20.1. The van der Waals surface area contributed by atoms with Crippen LogP contribution in [0.2, 0.25) is 0 Å². The zero-order valence-corrected chi connectivity index (χ0v) is 13.2. The normalized spacial score (nSPS) is 10.3. The molecular weight excluding hydrogens is 295 g/mol. The second-order valence-electron chi connectivity index (χ2n) is 5.20. The van der Waals surface area contributed by atoms with Crippen molar-refractivity contribution in [1.82, 2.24) is 15.3 Å². The minimum absolute atomic E-state index is 0.205. The predicted molar refractivity (Wildman–Crippen MR) is 87.9 cm³/mol. The number of amides is 1. The van der Waals surface area contributed by atoms with Crippen molar-refractivity contribution in [3.8, 4) is 0 Å². The fourth-order valence-electron chi connectivity index (χ4n) is 1.99. The van der Waals surface area contributed by atoms with Crippen LogP contribution in [0.5, 0.6) is 0 Å². The number of halogens is 1. The Labute approximate surface area is 135 Å². The number of carbonyl (C=O) groups is 1. The molecule has 0 aliphatic carbocycles. The Morgan fingerprint density at radius 3 is 2.57 bits per heavy atom. The maximum absolute atomic E-state index is 12.8. The first-order valence-corrected chi connectivity index (χ1v) is 7.77. The molecule has 2 N–H and O–H groups in total. The number of hydrogen-bond donors (Lipinski definition) is 2. The molecule has 0 aliphatic rings. The van der Waals surface area contributed by atoms with Gasteiger partial charge in [-0.25, -0.2) is 14.4 Å². The minimum Gasteiger partial charge on any atom is -0.368 e. The maximum Gasteiger partial charge on any atom is 0.271 e. The Morgan fingerprint density at radius 1 is 1.13 bits per heavy atom. The van der Waals surface area contributed by atoms with Crippen LogP contribution in [0.25, 0.3) is 0 Å². The van der Waals surface area contributed by atoms with E-state index in [2.05, 4.69) is 27.5 Å². The number of nitrogens with zero attached hydrogens (tertiary/aromatic N) is 2. The minimum atomic E-state index is -0.236. The van der Waals surface area contributed by atoms with Gasteiger partial charge in [-0.15, -0.1) is 0 Å². The van der Waals surface area contributed by atoms with E-state index in [-0.39, 0.29) is 11.7 Å². The third kappa shape index (κ3) is 5.65. The van der Waals surface area contributed by atoms with Crippen molar-refractivity contribution >= 4 is 11.7 Å².